The van der Waals surface area contributed by atoms with Gasteiger partial charge in [0.2, 0.25) is 0 Å². The second-order valence-electron chi connectivity index (χ2n) is 8.89. The predicted molar refractivity (Wildman–Crippen MR) is 121 cm³/mol. The van der Waals surface area contributed by atoms with Gasteiger partial charge in [0.25, 0.3) is 0 Å². The number of hydrogen-bond acceptors (Lipinski definition) is 2. The van der Waals surface area contributed by atoms with E-state index in [9.17, 15) is 9.90 Å². The predicted octanol–water partition coefficient (Wildman–Crippen LogP) is 5.99. The summed E-state index contributed by atoms with van der Waals surface area (Å²) in [6.07, 6.45) is 7.76. The molecule has 1 fully saturated rings. The monoisotopic (exact) mass is 405 g/mol. The Morgan fingerprint density at radius 2 is 1.97 bits per heavy atom. The summed E-state index contributed by atoms with van der Waals surface area (Å²) in [6, 6.07) is 12.7. The van der Waals surface area contributed by atoms with E-state index in [2.05, 4.69) is 49.0 Å². The maximum Gasteiger partial charge on any atom is 0.306 e. The zero-order valence-corrected chi connectivity index (χ0v) is 18.1. The molecule has 4 heteroatoms. The molecule has 1 aromatic heterocycles. The van der Waals surface area contributed by atoms with Crippen molar-refractivity contribution in [1.82, 2.24) is 4.57 Å². The molecule has 0 spiro atoms. The lowest BCUT2D eigenvalue weighted by molar-refractivity contribution is -0.141. The highest BCUT2D eigenvalue weighted by Gasteiger charge is 2.18. The van der Waals surface area contributed by atoms with E-state index in [4.69, 9.17) is 4.74 Å². The fourth-order valence-electron chi connectivity index (χ4n) is 4.64. The zero-order chi connectivity index (χ0) is 21.3. The number of aliphatic carboxylic acids is 1. The molecule has 1 aliphatic rings. The maximum atomic E-state index is 11.3. The van der Waals surface area contributed by atoms with E-state index in [-0.39, 0.29) is 0 Å². The molecule has 2 aromatic carbocycles. The van der Waals surface area contributed by atoms with Gasteiger partial charge in [0, 0.05) is 29.7 Å². The van der Waals surface area contributed by atoms with Crippen LogP contribution in [0.15, 0.2) is 42.6 Å². The second kappa shape index (κ2) is 8.55. The smallest absolute Gasteiger partial charge is 0.306 e. The van der Waals surface area contributed by atoms with E-state index >= 15 is 0 Å². The van der Waals surface area contributed by atoms with Gasteiger partial charge in [0.05, 0.1) is 12.5 Å². The maximum absolute atomic E-state index is 11.3. The van der Waals surface area contributed by atoms with Gasteiger partial charge in [-0.15, -0.1) is 0 Å². The van der Waals surface area contributed by atoms with Gasteiger partial charge >= 0.3 is 5.97 Å². The quantitative estimate of drug-likeness (QED) is 0.525. The Morgan fingerprint density at radius 3 is 2.70 bits per heavy atom. The molecule has 1 aliphatic carbocycles. The van der Waals surface area contributed by atoms with Crippen molar-refractivity contribution in [3.63, 3.8) is 0 Å². The number of ether oxygens (including phenoxy) is 1. The van der Waals surface area contributed by atoms with Crippen LogP contribution in [0.5, 0.6) is 5.75 Å². The standard InChI is InChI=1S/C26H31NO3/c1-17(26(28)29)12-20-8-11-25(30-16-19-6-4-5-7-19)23(13-20)21-9-10-24-22(14-21)18(2)15-27(24)3/h8-11,13-15,17,19H,4-7,12,16H2,1-3H3,(H,28,29). The SMILES string of the molecule is Cc1cn(C)c2ccc(-c3cc(CC(C)C(=O)O)ccc3OCC3CCCC3)cc12. The zero-order valence-electron chi connectivity index (χ0n) is 18.1. The van der Waals surface area contributed by atoms with Gasteiger partial charge in [-0.2, -0.15) is 0 Å². The van der Waals surface area contributed by atoms with Crippen molar-refractivity contribution in [1.29, 1.82) is 0 Å². The van der Waals surface area contributed by atoms with E-state index < -0.39 is 11.9 Å². The van der Waals surface area contributed by atoms with Crippen molar-refractivity contribution in [3.05, 3.63) is 53.7 Å². The first-order valence-corrected chi connectivity index (χ1v) is 11.0. The molecular weight excluding hydrogens is 374 g/mol. The Hall–Kier alpha value is -2.75. The number of hydrogen-bond donors (Lipinski definition) is 1. The van der Waals surface area contributed by atoms with Gasteiger partial charge in [-0.3, -0.25) is 4.79 Å². The molecule has 0 aliphatic heterocycles. The molecule has 4 nitrogen and oxygen atoms in total. The van der Waals surface area contributed by atoms with Crippen molar-refractivity contribution in [2.75, 3.05) is 6.61 Å². The number of carboxylic acids is 1. The molecular formula is C26H31NO3. The molecule has 158 valence electrons. The van der Waals surface area contributed by atoms with E-state index in [1.54, 1.807) is 6.92 Å². The van der Waals surface area contributed by atoms with E-state index in [0.717, 1.165) is 29.0 Å². The van der Waals surface area contributed by atoms with Crippen molar-refractivity contribution in [3.8, 4) is 16.9 Å². The van der Waals surface area contributed by atoms with Gasteiger partial charge in [-0.05, 0) is 73.1 Å². The molecule has 0 amide bonds. The third-order valence-corrected chi connectivity index (χ3v) is 6.46. The minimum atomic E-state index is -0.764. The average Bonchev–Trinajstić information content (AvgIpc) is 3.34. The summed E-state index contributed by atoms with van der Waals surface area (Å²) >= 11 is 0. The minimum Gasteiger partial charge on any atom is -0.493 e. The molecule has 0 radical (unpaired) electrons. The van der Waals surface area contributed by atoms with Gasteiger partial charge in [0.1, 0.15) is 5.75 Å². The summed E-state index contributed by atoms with van der Waals surface area (Å²) in [4.78, 5) is 11.3. The lowest BCUT2D eigenvalue weighted by Gasteiger charge is -2.17. The third kappa shape index (κ3) is 4.23. The van der Waals surface area contributed by atoms with Crippen molar-refractivity contribution in [2.24, 2.45) is 18.9 Å². The highest BCUT2D eigenvalue weighted by atomic mass is 16.5. The van der Waals surface area contributed by atoms with Crippen LogP contribution in [-0.2, 0) is 18.3 Å². The number of carboxylic acid groups (broad SMARTS) is 1. The lowest BCUT2D eigenvalue weighted by atomic mass is 9.95. The van der Waals surface area contributed by atoms with Crippen LogP contribution in [0.1, 0.15) is 43.7 Å². The number of rotatable bonds is 7. The van der Waals surface area contributed by atoms with Crippen molar-refractivity contribution < 1.29 is 14.6 Å². The minimum absolute atomic E-state index is 0.415. The van der Waals surface area contributed by atoms with Crippen molar-refractivity contribution in [2.45, 2.75) is 46.0 Å². The van der Waals surface area contributed by atoms with Crippen LogP contribution >= 0.6 is 0 Å². The molecule has 3 aromatic rings. The molecule has 0 bridgehead atoms. The Kier molecular flexibility index (Phi) is 5.85. The largest absolute Gasteiger partial charge is 0.493 e. The summed E-state index contributed by atoms with van der Waals surface area (Å²) in [6.45, 7) is 4.64. The summed E-state index contributed by atoms with van der Waals surface area (Å²) in [5, 5.41) is 10.6. The van der Waals surface area contributed by atoms with Crippen LogP contribution in [-0.4, -0.2) is 22.2 Å². The number of aryl methyl sites for hydroxylation is 2. The number of benzene rings is 2. The molecule has 1 atom stereocenters. The van der Waals surface area contributed by atoms with E-state index in [0.29, 0.717) is 12.3 Å². The first kappa shape index (κ1) is 20.5. The molecule has 4 rings (SSSR count). The summed E-state index contributed by atoms with van der Waals surface area (Å²) in [5.74, 6) is 0.353. The number of fused-ring (bicyclic) bond motifs is 1. The molecule has 1 unspecified atom stereocenters. The number of aromatic nitrogens is 1. The highest BCUT2D eigenvalue weighted by Crippen LogP contribution is 2.36. The van der Waals surface area contributed by atoms with Crippen LogP contribution in [0.2, 0.25) is 0 Å². The van der Waals surface area contributed by atoms with Gasteiger partial charge in [-0.1, -0.05) is 31.9 Å². The molecule has 0 saturated heterocycles. The Morgan fingerprint density at radius 1 is 1.20 bits per heavy atom. The number of nitrogens with zero attached hydrogens (tertiary/aromatic N) is 1. The average molecular weight is 406 g/mol. The Labute approximate surface area is 178 Å². The Bertz CT molecular complexity index is 1060. The topological polar surface area (TPSA) is 51.5 Å². The van der Waals surface area contributed by atoms with Gasteiger partial charge in [-0.25, -0.2) is 0 Å². The Balaban J connectivity index is 1.71. The summed E-state index contributed by atoms with van der Waals surface area (Å²) < 4.78 is 8.46. The van der Waals surface area contributed by atoms with E-state index in [1.807, 2.05) is 12.1 Å². The lowest BCUT2D eigenvalue weighted by Crippen LogP contribution is -2.12. The van der Waals surface area contributed by atoms with Crippen LogP contribution in [0.25, 0.3) is 22.0 Å². The fraction of sp³-hybridized carbons (Fsp3) is 0.423. The normalized spacial score (nSPS) is 15.6. The first-order chi connectivity index (χ1) is 14.4. The van der Waals surface area contributed by atoms with Crippen LogP contribution in [0.3, 0.4) is 0 Å². The van der Waals surface area contributed by atoms with Gasteiger partial charge in [0.15, 0.2) is 0 Å². The molecule has 1 heterocycles. The second-order valence-corrected chi connectivity index (χ2v) is 8.89. The van der Waals surface area contributed by atoms with Crippen LogP contribution in [0.4, 0.5) is 0 Å². The van der Waals surface area contributed by atoms with Crippen LogP contribution < -0.4 is 4.74 Å². The van der Waals surface area contributed by atoms with Gasteiger partial charge < -0.3 is 14.4 Å². The van der Waals surface area contributed by atoms with E-state index in [1.165, 1.54) is 42.1 Å². The molecule has 30 heavy (non-hydrogen) atoms. The highest BCUT2D eigenvalue weighted by molar-refractivity contribution is 5.89. The summed E-state index contributed by atoms with van der Waals surface area (Å²) in [7, 11) is 2.07. The first-order valence-electron chi connectivity index (χ1n) is 11.0. The fourth-order valence-corrected chi connectivity index (χ4v) is 4.64. The molecule has 1 N–H and O–H groups in total. The number of carbonyl (C=O) groups is 1. The summed E-state index contributed by atoms with van der Waals surface area (Å²) in [5.41, 5.74) is 5.65. The van der Waals surface area contributed by atoms with Crippen molar-refractivity contribution >= 4 is 16.9 Å². The van der Waals surface area contributed by atoms with Crippen LogP contribution in [0, 0.1) is 18.8 Å². The third-order valence-electron chi connectivity index (χ3n) is 6.46. The molecule has 1 saturated carbocycles.